The number of guanidine groups is 1. The maximum absolute atomic E-state index is 12.6. The van der Waals surface area contributed by atoms with Crippen molar-refractivity contribution in [3.05, 3.63) is 70.2 Å². The number of carbonyl (C=O) groups is 2. The summed E-state index contributed by atoms with van der Waals surface area (Å²) in [5, 5.41) is 6.69. The molecule has 0 spiro atoms. The fourth-order valence-electron chi connectivity index (χ4n) is 3.47. The Labute approximate surface area is 182 Å². The smallest absolute Gasteiger partial charge is 0.325 e. The Morgan fingerprint density at radius 2 is 1.90 bits per heavy atom. The van der Waals surface area contributed by atoms with E-state index in [0.717, 1.165) is 22.0 Å². The van der Waals surface area contributed by atoms with Crippen molar-refractivity contribution in [2.75, 3.05) is 13.6 Å². The summed E-state index contributed by atoms with van der Waals surface area (Å²) in [5.41, 5.74) is 5.03. The van der Waals surface area contributed by atoms with E-state index in [0.29, 0.717) is 12.5 Å². The van der Waals surface area contributed by atoms with Crippen molar-refractivity contribution >= 4 is 40.0 Å². The van der Waals surface area contributed by atoms with Crippen LogP contribution in [0.25, 0.3) is 0 Å². The number of nitrogens with zero attached hydrogens (tertiary/aromatic N) is 4. The van der Waals surface area contributed by atoms with Gasteiger partial charge in [-0.25, -0.2) is 15.2 Å². The monoisotopic (exact) mass is 468 g/mol. The van der Waals surface area contributed by atoms with Crippen LogP contribution in [0.1, 0.15) is 11.1 Å². The molecule has 0 bridgehead atoms. The van der Waals surface area contributed by atoms with E-state index in [4.69, 9.17) is 0 Å². The molecule has 2 aliphatic heterocycles. The number of likely N-dealkylation sites (N-methyl/N-ethyl adjacent to an activating group) is 1. The molecule has 0 saturated carbocycles. The second-order valence-electron chi connectivity index (χ2n) is 7.07. The first-order valence-corrected chi connectivity index (χ1v) is 10.3. The highest BCUT2D eigenvalue weighted by atomic mass is 79.9. The molecule has 154 valence electrons. The number of hydrazone groups is 1. The SMILES string of the molecule is CN1C(=O)NC(=O)C2C1N=C(N/N=C/c1ccc(Br)cc1)N2CCc1ccccc1. The summed E-state index contributed by atoms with van der Waals surface area (Å²) >= 11 is 3.41. The van der Waals surface area contributed by atoms with Crippen LogP contribution < -0.4 is 10.7 Å². The molecular weight excluding hydrogens is 448 g/mol. The number of hydrogen-bond donors (Lipinski definition) is 2. The van der Waals surface area contributed by atoms with E-state index in [1.807, 2.05) is 59.5 Å². The van der Waals surface area contributed by atoms with Gasteiger partial charge >= 0.3 is 6.03 Å². The summed E-state index contributed by atoms with van der Waals surface area (Å²) in [6.07, 6.45) is 1.82. The molecule has 2 aromatic carbocycles. The largest absolute Gasteiger partial charge is 0.325 e. The van der Waals surface area contributed by atoms with Crippen LogP contribution in [0.2, 0.25) is 0 Å². The first kappa shape index (κ1) is 20.1. The van der Waals surface area contributed by atoms with Gasteiger partial charge in [0.2, 0.25) is 5.96 Å². The second kappa shape index (κ2) is 8.66. The molecule has 0 aromatic heterocycles. The molecule has 0 radical (unpaired) electrons. The van der Waals surface area contributed by atoms with Gasteiger partial charge in [0, 0.05) is 18.1 Å². The van der Waals surface area contributed by atoms with E-state index in [2.05, 4.69) is 36.8 Å². The number of imide groups is 1. The summed E-state index contributed by atoms with van der Waals surface area (Å²) in [4.78, 5) is 32.5. The Balaban J connectivity index is 1.53. The number of hydrogen-bond acceptors (Lipinski definition) is 6. The summed E-state index contributed by atoms with van der Waals surface area (Å²) in [5.74, 6) is 0.111. The Bertz CT molecular complexity index is 992. The average Bonchev–Trinajstić information content (AvgIpc) is 3.12. The van der Waals surface area contributed by atoms with Crippen molar-refractivity contribution in [1.82, 2.24) is 20.5 Å². The van der Waals surface area contributed by atoms with Gasteiger partial charge in [0.05, 0.1) is 6.21 Å². The normalized spacial score (nSPS) is 20.9. The molecule has 1 fully saturated rings. The molecule has 4 rings (SSSR count). The summed E-state index contributed by atoms with van der Waals surface area (Å²) in [6, 6.07) is 16.7. The minimum Gasteiger partial charge on any atom is -0.325 e. The summed E-state index contributed by atoms with van der Waals surface area (Å²) in [7, 11) is 1.63. The summed E-state index contributed by atoms with van der Waals surface area (Å²) in [6.45, 7) is 0.556. The molecule has 0 aliphatic carbocycles. The minimum atomic E-state index is -0.596. The van der Waals surface area contributed by atoms with Crippen molar-refractivity contribution in [2.24, 2.45) is 10.1 Å². The predicted octanol–water partition coefficient (Wildman–Crippen LogP) is 2.16. The van der Waals surface area contributed by atoms with Gasteiger partial charge in [-0.3, -0.25) is 10.1 Å². The van der Waals surface area contributed by atoms with E-state index < -0.39 is 18.2 Å². The molecule has 1 saturated heterocycles. The Hall–Kier alpha value is -3.20. The van der Waals surface area contributed by atoms with Crippen LogP contribution in [0.15, 0.2) is 69.2 Å². The highest BCUT2D eigenvalue weighted by Gasteiger charge is 2.48. The lowest BCUT2D eigenvalue weighted by atomic mass is 10.1. The lowest BCUT2D eigenvalue weighted by Gasteiger charge is -2.36. The molecular formula is C21H21BrN6O2. The van der Waals surface area contributed by atoms with Gasteiger partial charge in [-0.05, 0) is 29.7 Å². The lowest BCUT2D eigenvalue weighted by molar-refractivity contribution is -0.127. The fraction of sp³-hybridized carbons (Fsp3) is 0.238. The van der Waals surface area contributed by atoms with E-state index in [-0.39, 0.29) is 5.91 Å². The fourth-order valence-corrected chi connectivity index (χ4v) is 3.74. The van der Waals surface area contributed by atoms with Crippen molar-refractivity contribution in [3.8, 4) is 0 Å². The number of rotatable bonds is 5. The first-order valence-electron chi connectivity index (χ1n) is 9.53. The number of amides is 3. The third kappa shape index (κ3) is 4.20. The second-order valence-corrected chi connectivity index (χ2v) is 7.98. The molecule has 3 amide bonds. The van der Waals surface area contributed by atoms with E-state index >= 15 is 0 Å². The highest BCUT2D eigenvalue weighted by molar-refractivity contribution is 9.10. The van der Waals surface area contributed by atoms with Crippen LogP contribution in [-0.2, 0) is 11.2 Å². The van der Waals surface area contributed by atoms with Gasteiger partial charge in [-0.1, -0.05) is 58.4 Å². The zero-order chi connectivity index (χ0) is 21.1. The Kier molecular flexibility index (Phi) is 5.80. The van der Waals surface area contributed by atoms with Crippen LogP contribution in [0.4, 0.5) is 4.79 Å². The number of carbonyl (C=O) groups excluding carboxylic acids is 2. The van der Waals surface area contributed by atoms with Crippen LogP contribution in [0.3, 0.4) is 0 Å². The molecule has 2 N–H and O–H groups in total. The molecule has 2 atom stereocenters. The third-order valence-electron chi connectivity index (χ3n) is 5.09. The average molecular weight is 469 g/mol. The molecule has 2 aromatic rings. The van der Waals surface area contributed by atoms with Gasteiger partial charge in [0.25, 0.3) is 5.91 Å². The lowest BCUT2D eigenvalue weighted by Crippen LogP contribution is -2.64. The van der Waals surface area contributed by atoms with Crippen LogP contribution >= 0.6 is 15.9 Å². The quantitative estimate of drug-likeness (QED) is 0.519. The van der Waals surface area contributed by atoms with Gasteiger partial charge in [-0.15, -0.1) is 0 Å². The van der Waals surface area contributed by atoms with Crippen LogP contribution in [0.5, 0.6) is 0 Å². The van der Waals surface area contributed by atoms with E-state index in [1.165, 1.54) is 4.90 Å². The molecule has 8 nitrogen and oxygen atoms in total. The number of nitrogens with one attached hydrogen (secondary N) is 2. The maximum atomic E-state index is 12.6. The van der Waals surface area contributed by atoms with E-state index in [1.54, 1.807) is 13.3 Å². The topological polar surface area (TPSA) is 89.4 Å². The Morgan fingerprint density at radius 3 is 2.63 bits per heavy atom. The zero-order valence-electron chi connectivity index (χ0n) is 16.3. The van der Waals surface area contributed by atoms with Crippen LogP contribution in [-0.4, -0.2) is 59.7 Å². The van der Waals surface area contributed by atoms with Crippen molar-refractivity contribution in [3.63, 3.8) is 0 Å². The number of urea groups is 1. The number of halogens is 1. The van der Waals surface area contributed by atoms with Crippen LogP contribution in [0, 0.1) is 0 Å². The van der Waals surface area contributed by atoms with Crippen molar-refractivity contribution in [1.29, 1.82) is 0 Å². The summed E-state index contributed by atoms with van der Waals surface area (Å²) < 4.78 is 0.989. The standard InChI is InChI=1S/C21H21BrN6O2/c1-27-18-17(19(29)25-21(27)30)28(12-11-14-5-3-2-4-6-14)20(24-18)26-23-13-15-7-9-16(22)10-8-15/h2-10,13,17-18H,11-12H2,1H3,(H,24,26)(H,25,29,30)/b23-13+. The first-order chi connectivity index (χ1) is 14.5. The molecule has 2 aliphatic rings. The Morgan fingerprint density at radius 1 is 1.17 bits per heavy atom. The molecule has 2 heterocycles. The number of benzene rings is 2. The van der Waals surface area contributed by atoms with Gasteiger partial charge in [-0.2, -0.15) is 5.10 Å². The minimum absolute atomic E-state index is 0.353. The number of fused-ring (bicyclic) bond motifs is 1. The van der Waals surface area contributed by atoms with Crippen molar-refractivity contribution in [2.45, 2.75) is 18.6 Å². The van der Waals surface area contributed by atoms with Crippen molar-refractivity contribution < 1.29 is 9.59 Å². The van der Waals surface area contributed by atoms with Gasteiger partial charge < -0.3 is 9.80 Å². The predicted molar refractivity (Wildman–Crippen MR) is 118 cm³/mol. The third-order valence-corrected chi connectivity index (χ3v) is 5.62. The molecule has 9 heteroatoms. The highest BCUT2D eigenvalue weighted by Crippen LogP contribution is 2.23. The zero-order valence-corrected chi connectivity index (χ0v) is 17.9. The van der Waals surface area contributed by atoms with Gasteiger partial charge in [0.15, 0.2) is 12.2 Å². The number of aliphatic imine (C=N–C) groups is 1. The van der Waals surface area contributed by atoms with E-state index in [9.17, 15) is 9.59 Å². The van der Waals surface area contributed by atoms with Gasteiger partial charge in [0.1, 0.15) is 0 Å². The maximum Gasteiger partial charge on any atom is 0.325 e. The molecule has 30 heavy (non-hydrogen) atoms. The molecule has 2 unspecified atom stereocenters.